The molecule has 0 spiro atoms. The van der Waals surface area contributed by atoms with Crippen LogP contribution in [-0.2, 0) is 11.3 Å². The SMILES string of the molecule is O=C(N[C@H]1CCN(C(=O)O)C1)OCc1ccccc1. The van der Waals surface area contributed by atoms with Crippen LogP contribution in [-0.4, -0.2) is 41.3 Å². The third-order valence-electron chi connectivity index (χ3n) is 2.99. The molecule has 6 nitrogen and oxygen atoms in total. The Morgan fingerprint density at radius 3 is 2.74 bits per heavy atom. The Labute approximate surface area is 111 Å². The van der Waals surface area contributed by atoms with E-state index >= 15 is 0 Å². The van der Waals surface area contributed by atoms with Crippen molar-refractivity contribution in [3.05, 3.63) is 35.9 Å². The molecular formula is C13H16N2O4. The van der Waals surface area contributed by atoms with E-state index in [0.29, 0.717) is 19.5 Å². The van der Waals surface area contributed by atoms with Gasteiger partial charge >= 0.3 is 12.2 Å². The van der Waals surface area contributed by atoms with E-state index in [1.54, 1.807) is 0 Å². The van der Waals surface area contributed by atoms with E-state index in [1.165, 1.54) is 4.90 Å². The molecule has 2 rings (SSSR count). The first kappa shape index (κ1) is 13.2. The maximum atomic E-state index is 11.5. The van der Waals surface area contributed by atoms with Crippen LogP contribution in [0.4, 0.5) is 9.59 Å². The summed E-state index contributed by atoms with van der Waals surface area (Å²) in [7, 11) is 0. The lowest BCUT2D eigenvalue weighted by Gasteiger charge is -2.14. The average molecular weight is 264 g/mol. The Balaban J connectivity index is 1.72. The van der Waals surface area contributed by atoms with Crippen molar-refractivity contribution in [2.24, 2.45) is 0 Å². The second kappa shape index (κ2) is 6.08. The zero-order chi connectivity index (χ0) is 13.7. The van der Waals surface area contributed by atoms with Gasteiger partial charge in [0, 0.05) is 13.1 Å². The van der Waals surface area contributed by atoms with Crippen molar-refractivity contribution < 1.29 is 19.4 Å². The highest BCUT2D eigenvalue weighted by atomic mass is 16.5. The first-order valence-corrected chi connectivity index (χ1v) is 6.10. The van der Waals surface area contributed by atoms with Gasteiger partial charge in [-0.2, -0.15) is 0 Å². The highest BCUT2D eigenvalue weighted by molar-refractivity contribution is 5.68. The lowest BCUT2D eigenvalue weighted by Crippen LogP contribution is -2.38. The molecule has 0 bridgehead atoms. The van der Waals surface area contributed by atoms with Crippen LogP contribution in [0.3, 0.4) is 0 Å². The summed E-state index contributed by atoms with van der Waals surface area (Å²) in [5, 5.41) is 11.5. The van der Waals surface area contributed by atoms with Crippen LogP contribution in [0.5, 0.6) is 0 Å². The van der Waals surface area contributed by atoms with E-state index in [4.69, 9.17) is 9.84 Å². The molecule has 1 saturated heterocycles. The van der Waals surface area contributed by atoms with Gasteiger partial charge in [-0.05, 0) is 12.0 Å². The Hall–Kier alpha value is -2.24. The van der Waals surface area contributed by atoms with Gasteiger partial charge in [-0.3, -0.25) is 0 Å². The molecule has 1 fully saturated rings. The minimum Gasteiger partial charge on any atom is -0.465 e. The molecule has 1 aliphatic rings. The third kappa shape index (κ3) is 3.87. The normalized spacial score (nSPS) is 18.1. The highest BCUT2D eigenvalue weighted by Gasteiger charge is 2.27. The smallest absolute Gasteiger partial charge is 0.407 e. The van der Waals surface area contributed by atoms with Crippen LogP contribution in [0.25, 0.3) is 0 Å². The van der Waals surface area contributed by atoms with Gasteiger partial charge in [-0.15, -0.1) is 0 Å². The van der Waals surface area contributed by atoms with Gasteiger partial charge in [0.25, 0.3) is 0 Å². The second-order valence-electron chi connectivity index (χ2n) is 4.42. The number of alkyl carbamates (subject to hydrolysis) is 1. The Morgan fingerprint density at radius 1 is 1.37 bits per heavy atom. The van der Waals surface area contributed by atoms with Crippen LogP contribution < -0.4 is 5.32 Å². The fourth-order valence-electron chi connectivity index (χ4n) is 1.98. The Morgan fingerprint density at radius 2 is 2.11 bits per heavy atom. The minimum atomic E-state index is -0.957. The fraction of sp³-hybridized carbons (Fsp3) is 0.385. The quantitative estimate of drug-likeness (QED) is 0.870. The monoisotopic (exact) mass is 264 g/mol. The van der Waals surface area contributed by atoms with Gasteiger partial charge in [0.15, 0.2) is 0 Å². The van der Waals surface area contributed by atoms with Crippen molar-refractivity contribution in [3.63, 3.8) is 0 Å². The molecule has 1 heterocycles. The molecule has 0 aromatic heterocycles. The first-order chi connectivity index (χ1) is 9.15. The number of rotatable bonds is 3. The van der Waals surface area contributed by atoms with Gasteiger partial charge in [-0.1, -0.05) is 30.3 Å². The molecule has 1 aliphatic heterocycles. The van der Waals surface area contributed by atoms with E-state index in [-0.39, 0.29) is 12.6 Å². The number of carbonyl (C=O) groups is 2. The van der Waals surface area contributed by atoms with Crippen molar-refractivity contribution >= 4 is 12.2 Å². The molecule has 1 atom stereocenters. The van der Waals surface area contributed by atoms with Crippen molar-refractivity contribution in [1.29, 1.82) is 0 Å². The summed E-state index contributed by atoms with van der Waals surface area (Å²) in [5.41, 5.74) is 0.913. The van der Waals surface area contributed by atoms with Crippen molar-refractivity contribution in [1.82, 2.24) is 10.2 Å². The summed E-state index contributed by atoms with van der Waals surface area (Å²) >= 11 is 0. The first-order valence-electron chi connectivity index (χ1n) is 6.10. The molecule has 102 valence electrons. The van der Waals surface area contributed by atoms with E-state index in [9.17, 15) is 9.59 Å². The average Bonchev–Trinajstić information content (AvgIpc) is 2.86. The molecule has 2 N–H and O–H groups in total. The molecule has 0 radical (unpaired) electrons. The number of amides is 2. The molecule has 1 aromatic rings. The lowest BCUT2D eigenvalue weighted by atomic mass is 10.2. The minimum absolute atomic E-state index is 0.167. The number of ether oxygens (including phenoxy) is 1. The predicted molar refractivity (Wildman–Crippen MR) is 67.8 cm³/mol. The highest BCUT2D eigenvalue weighted by Crippen LogP contribution is 2.09. The summed E-state index contributed by atoms with van der Waals surface area (Å²) < 4.78 is 5.07. The van der Waals surface area contributed by atoms with Gasteiger partial charge in [0.2, 0.25) is 0 Å². The number of hydrogen-bond acceptors (Lipinski definition) is 3. The number of nitrogens with zero attached hydrogens (tertiary/aromatic N) is 1. The number of hydrogen-bond donors (Lipinski definition) is 2. The van der Waals surface area contributed by atoms with E-state index in [2.05, 4.69) is 5.32 Å². The molecule has 0 aliphatic carbocycles. The lowest BCUT2D eigenvalue weighted by molar-refractivity contribution is 0.134. The zero-order valence-corrected chi connectivity index (χ0v) is 10.4. The molecule has 6 heteroatoms. The van der Waals surface area contributed by atoms with Gasteiger partial charge < -0.3 is 20.1 Å². The number of carbonyl (C=O) groups excluding carboxylic acids is 1. The number of nitrogens with one attached hydrogen (secondary N) is 1. The van der Waals surface area contributed by atoms with E-state index in [1.807, 2.05) is 30.3 Å². The van der Waals surface area contributed by atoms with Crippen molar-refractivity contribution in [3.8, 4) is 0 Å². The van der Waals surface area contributed by atoms with E-state index in [0.717, 1.165) is 5.56 Å². The zero-order valence-electron chi connectivity index (χ0n) is 10.4. The van der Waals surface area contributed by atoms with Crippen LogP contribution in [0.2, 0.25) is 0 Å². The van der Waals surface area contributed by atoms with E-state index < -0.39 is 12.2 Å². The molecule has 19 heavy (non-hydrogen) atoms. The Bertz CT molecular complexity index is 449. The van der Waals surface area contributed by atoms with Gasteiger partial charge in [0.05, 0.1) is 6.04 Å². The van der Waals surface area contributed by atoms with Crippen LogP contribution in [0, 0.1) is 0 Å². The third-order valence-corrected chi connectivity index (χ3v) is 2.99. The molecule has 0 unspecified atom stereocenters. The van der Waals surface area contributed by atoms with Crippen molar-refractivity contribution in [2.45, 2.75) is 19.1 Å². The summed E-state index contributed by atoms with van der Waals surface area (Å²) in [6.45, 7) is 0.969. The topological polar surface area (TPSA) is 78.9 Å². The van der Waals surface area contributed by atoms with Gasteiger partial charge in [0.1, 0.15) is 6.61 Å². The van der Waals surface area contributed by atoms with Crippen LogP contribution >= 0.6 is 0 Å². The predicted octanol–water partition coefficient (Wildman–Crippen LogP) is 1.67. The summed E-state index contributed by atoms with van der Waals surface area (Å²) in [6.07, 6.45) is -0.852. The fourth-order valence-corrected chi connectivity index (χ4v) is 1.98. The number of benzene rings is 1. The number of carboxylic acid groups (broad SMARTS) is 1. The molecular weight excluding hydrogens is 248 g/mol. The van der Waals surface area contributed by atoms with Crippen LogP contribution in [0.1, 0.15) is 12.0 Å². The standard InChI is InChI=1S/C13H16N2O4/c16-12(19-9-10-4-2-1-3-5-10)14-11-6-7-15(8-11)13(17)18/h1-5,11H,6-9H2,(H,14,16)(H,17,18)/t11-/m0/s1. The maximum absolute atomic E-state index is 11.5. The van der Waals surface area contributed by atoms with Crippen LogP contribution in [0.15, 0.2) is 30.3 Å². The second-order valence-corrected chi connectivity index (χ2v) is 4.42. The summed E-state index contributed by atoms with van der Waals surface area (Å²) in [6, 6.07) is 9.21. The van der Waals surface area contributed by atoms with Gasteiger partial charge in [-0.25, -0.2) is 9.59 Å². The molecule has 2 amide bonds. The van der Waals surface area contributed by atoms with Crippen molar-refractivity contribution in [2.75, 3.05) is 13.1 Å². The maximum Gasteiger partial charge on any atom is 0.407 e. The number of likely N-dealkylation sites (tertiary alicyclic amines) is 1. The molecule has 0 saturated carbocycles. The summed E-state index contributed by atoms with van der Waals surface area (Å²) in [5.74, 6) is 0. The largest absolute Gasteiger partial charge is 0.465 e. The summed E-state index contributed by atoms with van der Waals surface area (Å²) in [4.78, 5) is 23.6. The Kier molecular flexibility index (Phi) is 4.22. The molecule has 1 aromatic carbocycles.